The Bertz CT molecular complexity index is 145. The highest BCUT2D eigenvalue weighted by atomic mass is 16.5. The van der Waals surface area contributed by atoms with Gasteiger partial charge >= 0.3 is 11.9 Å². The van der Waals surface area contributed by atoms with Gasteiger partial charge in [0.15, 0.2) is 0 Å². The molecule has 0 rings (SSSR count). The van der Waals surface area contributed by atoms with Gasteiger partial charge in [0.05, 0.1) is 0 Å². The van der Waals surface area contributed by atoms with Crippen molar-refractivity contribution in [3.63, 3.8) is 0 Å². The summed E-state index contributed by atoms with van der Waals surface area (Å²) in [4.78, 5) is 19.9. The minimum absolute atomic E-state index is 0.0231. The molecule has 4 N–H and O–H groups in total. The van der Waals surface area contributed by atoms with Crippen LogP contribution >= 0.6 is 0 Å². The Labute approximate surface area is 57.5 Å². The van der Waals surface area contributed by atoms with Gasteiger partial charge in [-0.3, -0.25) is 9.59 Å². The van der Waals surface area contributed by atoms with Crippen LogP contribution in [0, 0.1) is 0 Å². The van der Waals surface area contributed by atoms with Crippen LogP contribution in [0.5, 0.6) is 0 Å². The van der Waals surface area contributed by atoms with E-state index in [2.05, 4.69) is 0 Å². The van der Waals surface area contributed by atoms with E-state index in [1.54, 1.807) is 0 Å². The third-order valence-corrected chi connectivity index (χ3v) is 0.986. The lowest BCUT2D eigenvalue weighted by molar-refractivity contribution is -0.139. The fraction of sp³-hybridized carbons (Fsp3) is 0.600. The minimum Gasteiger partial charge on any atom is -0.481 e. The van der Waals surface area contributed by atoms with Gasteiger partial charge in [0, 0.05) is 6.42 Å². The second kappa shape index (κ2) is 3.84. The molecule has 0 aliphatic rings. The van der Waals surface area contributed by atoms with Crippen molar-refractivity contribution < 1.29 is 19.8 Å². The molecule has 0 fully saturated rings. The molecular formula is C5H9NO4. The Morgan fingerprint density at radius 2 is 1.90 bits per heavy atom. The molecule has 0 aromatic rings. The van der Waals surface area contributed by atoms with E-state index < -0.39 is 18.0 Å². The van der Waals surface area contributed by atoms with Gasteiger partial charge < -0.3 is 15.9 Å². The number of hydrogen-bond acceptors (Lipinski definition) is 3. The summed E-state index contributed by atoms with van der Waals surface area (Å²) >= 11 is 0. The van der Waals surface area contributed by atoms with E-state index >= 15 is 0 Å². The van der Waals surface area contributed by atoms with Gasteiger partial charge in [-0.05, 0) is 6.42 Å². The van der Waals surface area contributed by atoms with Crippen molar-refractivity contribution in [3.8, 4) is 0 Å². The summed E-state index contributed by atoms with van der Waals surface area (Å²) in [6.45, 7) is 0. The van der Waals surface area contributed by atoms with Crippen LogP contribution in [0.3, 0.4) is 0 Å². The van der Waals surface area contributed by atoms with Gasteiger partial charge in [-0.25, -0.2) is 0 Å². The molecule has 0 aliphatic heterocycles. The van der Waals surface area contributed by atoms with Crippen LogP contribution in [0.2, 0.25) is 0 Å². The van der Waals surface area contributed by atoms with Crippen molar-refractivity contribution in [2.24, 2.45) is 5.73 Å². The minimum atomic E-state index is -1.17. The number of aliphatic carboxylic acids is 2. The summed E-state index contributed by atoms with van der Waals surface area (Å²) in [5.41, 5.74) is 5.00. The van der Waals surface area contributed by atoms with Crippen LogP contribution in [0.1, 0.15) is 12.8 Å². The van der Waals surface area contributed by atoms with Crippen LogP contribution < -0.4 is 5.73 Å². The maximum Gasteiger partial charge on any atom is 0.320 e. The molecular weight excluding hydrogens is 144 g/mol. The number of hydrogen-bond donors (Lipinski definition) is 3. The normalized spacial score (nSPS) is 12.5. The third-order valence-electron chi connectivity index (χ3n) is 0.986. The zero-order chi connectivity index (χ0) is 8.15. The van der Waals surface area contributed by atoms with Crippen LogP contribution in [0.25, 0.3) is 0 Å². The first-order chi connectivity index (χ1) is 4.54. The smallest absolute Gasteiger partial charge is 0.320 e. The maximum atomic E-state index is 9.99. The van der Waals surface area contributed by atoms with E-state index in [0.717, 1.165) is 0 Å². The fourth-order valence-corrected chi connectivity index (χ4v) is 0.402. The molecule has 0 saturated heterocycles. The molecule has 0 unspecified atom stereocenters. The Balaban J connectivity index is 3.49. The highest BCUT2D eigenvalue weighted by Crippen LogP contribution is 1.93. The monoisotopic (exact) mass is 153 g/mol. The molecule has 0 spiro atoms. The molecule has 0 saturated carbocycles. The maximum absolute atomic E-state index is 9.99. The van der Waals surface area contributed by atoms with Crippen LogP contribution in [-0.4, -0.2) is 28.2 Å². The molecule has 5 heteroatoms. The van der Waals surface area contributed by atoms with Gasteiger partial charge in [0.25, 0.3) is 0 Å². The SMILES string of the molecule is [15NH2][13C@H]([13CH2][13CH2][13C](=O)O)[13C](=O)O. The van der Waals surface area contributed by atoms with Gasteiger partial charge in [0.1, 0.15) is 6.04 Å². The number of carbonyl (C=O) groups is 2. The average Bonchev–Trinajstić information content (AvgIpc) is 1.82. The second-order valence-electron chi connectivity index (χ2n) is 1.88. The Morgan fingerprint density at radius 1 is 1.40 bits per heavy atom. The molecule has 10 heavy (non-hydrogen) atoms. The van der Waals surface area contributed by atoms with Crippen molar-refractivity contribution in [1.82, 2.24) is 0 Å². The van der Waals surface area contributed by atoms with E-state index in [-0.39, 0.29) is 12.8 Å². The number of nitrogens with two attached hydrogens (primary N) is 1. The topological polar surface area (TPSA) is 101 Å². The fourth-order valence-electron chi connectivity index (χ4n) is 0.402. The van der Waals surface area contributed by atoms with Crippen molar-refractivity contribution in [3.05, 3.63) is 0 Å². The Kier molecular flexibility index (Phi) is 3.42. The zero-order valence-corrected chi connectivity index (χ0v) is 5.28. The van der Waals surface area contributed by atoms with Crippen LogP contribution in [-0.2, 0) is 9.59 Å². The Morgan fingerprint density at radius 3 is 2.20 bits per heavy atom. The lowest BCUT2D eigenvalue weighted by Crippen LogP contribution is -2.30. The van der Waals surface area contributed by atoms with E-state index in [1.807, 2.05) is 0 Å². The molecule has 58 valence electrons. The van der Waals surface area contributed by atoms with Gasteiger partial charge in [-0.1, -0.05) is 0 Å². The molecule has 5 nitrogen and oxygen atoms in total. The molecule has 0 bridgehead atoms. The predicted octanol–water partition coefficient (Wildman–Crippen LogP) is -0.737. The van der Waals surface area contributed by atoms with Crippen LogP contribution in [0.15, 0.2) is 0 Å². The standard InChI is InChI=1S/C5H9NO4/c6-3(5(9)10)1-2-4(7)8/h3H,1-2,6H2,(H,7,8)(H,9,10)/t3-/m1/s1/i1+1,2+1,3+1,4+1,5+1,6+1. The van der Waals surface area contributed by atoms with E-state index in [0.29, 0.717) is 0 Å². The number of carboxylic acids is 2. The van der Waals surface area contributed by atoms with E-state index in [4.69, 9.17) is 15.9 Å². The van der Waals surface area contributed by atoms with Gasteiger partial charge in [0.2, 0.25) is 0 Å². The van der Waals surface area contributed by atoms with Crippen molar-refractivity contribution in [2.45, 2.75) is 18.9 Å². The van der Waals surface area contributed by atoms with Crippen LogP contribution in [0.4, 0.5) is 0 Å². The summed E-state index contributed by atoms with van der Waals surface area (Å²) < 4.78 is 0. The third kappa shape index (κ3) is 3.85. The summed E-state index contributed by atoms with van der Waals surface area (Å²) in [5.74, 6) is -2.20. The molecule has 0 aliphatic carbocycles. The number of carboxylic acid groups (broad SMARTS) is 2. The lowest BCUT2D eigenvalue weighted by atomic mass is 11.1. The average molecular weight is 153 g/mol. The molecule has 0 aromatic carbocycles. The molecule has 0 radical (unpaired) electrons. The second-order valence-corrected chi connectivity index (χ2v) is 1.88. The molecule has 0 heterocycles. The van der Waals surface area contributed by atoms with E-state index in [1.165, 1.54) is 0 Å². The lowest BCUT2D eigenvalue weighted by Gasteiger charge is -2.01. The summed E-state index contributed by atoms with van der Waals surface area (Å²) in [6.07, 6.45) is -0.224. The zero-order valence-electron chi connectivity index (χ0n) is 5.28. The van der Waals surface area contributed by atoms with Crippen molar-refractivity contribution in [1.29, 1.82) is 0 Å². The first-order valence-corrected chi connectivity index (χ1v) is 2.74. The van der Waals surface area contributed by atoms with E-state index in [9.17, 15) is 9.59 Å². The molecule has 1 atom stereocenters. The van der Waals surface area contributed by atoms with Gasteiger partial charge in [-0.2, -0.15) is 0 Å². The van der Waals surface area contributed by atoms with Crippen molar-refractivity contribution >= 4 is 11.9 Å². The quantitative estimate of drug-likeness (QED) is 0.365. The summed E-state index contributed by atoms with van der Waals surface area (Å²) in [6, 6.07) is -1.06. The first kappa shape index (κ1) is 8.90. The van der Waals surface area contributed by atoms with Gasteiger partial charge in [-0.15, -0.1) is 0 Å². The Hall–Kier alpha value is -1.10. The van der Waals surface area contributed by atoms with Crippen molar-refractivity contribution in [2.75, 3.05) is 0 Å². The summed E-state index contributed by atoms with van der Waals surface area (Å²) in [5, 5.41) is 16.3. The predicted molar refractivity (Wildman–Crippen MR) is 32.5 cm³/mol. The summed E-state index contributed by atoms with van der Waals surface area (Å²) in [7, 11) is 0. The highest BCUT2D eigenvalue weighted by Gasteiger charge is 2.12. The largest absolute Gasteiger partial charge is 0.481 e. The molecule has 0 aromatic heterocycles. The molecule has 0 amide bonds. The highest BCUT2D eigenvalue weighted by molar-refractivity contribution is 5.74. The first-order valence-electron chi connectivity index (χ1n) is 2.74. The number of rotatable bonds is 4.